The highest BCUT2D eigenvalue weighted by Crippen LogP contribution is 2.28. The molecule has 1 heterocycles. The van der Waals surface area contributed by atoms with Crippen LogP contribution < -0.4 is 5.32 Å². The van der Waals surface area contributed by atoms with Crippen LogP contribution in [0.25, 0.3) is 0 Å². The second-order valence-corrected chi connectivity index (χ2v) is 9.51. The Morgan fingerprint density at radius 1 is 1.00 bits per heavy atom. The topological polar surface area (TPSA) is 32.3 Å². The van der Waals surface area contributed by atoms with E-state index in [4.69, 9.17) is 34.8 Å². The number of hydrogen-bond acceptors (Lipinski definition) is 3. The zero-order chi connectivity index (χ0) is 20.6. The molecular formula is C22H25Cl3N2OS. The summed E-state index contributed by atoms with van der Waals surface area (Å²) in [5, 5.41) is 5.28. The highest BCUT2D eigenvalue weighted by atomic mass is 35.5. The van der Waals surface area contributed by atoms with E-state index in [0.29, 0.717) is 16.6 Å². The van der Waals surface area contributed by atoms with Gasteiger partial charge in [0.25, 0.3) is 0 Å². The zero-order valence-electron chi connectivity index (χ0n) is 16.2. The molecule has 1 fully saturated rings. The molecule has 0 radical (unpaired) electrons. The van der Waals surface area contributed by atoms with Crippen molar-refractivity contribution in [1.82, 2.24) is 10.2 Å². The third kappa shape index (κ3) is 6.80. The third-order valence-electron chi connectivity index (χ3n) is 5.16. The van der Waals surface area contributed by atoms with E-state index >= 15 is 0 Å². The summed E-state index contributed by atoms with van der Waals surface area (Å²) in [4.78, 5) is 14.8. The van der Waals surface area contributed by atoms with Gasteiger partial charge in [0, 0.05) is 51.1 Å². The summed E-state index contributed by atoms with van der Waals surface area (Å²) >= 11 is 20.5. The van der Waals surface area contributed by atoms with E-state index in [0.717, 1.165) is 60.1 Å². The highest BCUT2D eigenvalue weighted by Gasteiger charge is 2.25. The lowest BCUT2D eigenvalue weighted by Gasteiger charge is -2.31. The number of halogens is 3. The van der Waals surface area contributed by atoms with Crippen molar-refractivity contribution >= 4 is 52.5 Å². The van der Waals surface area contributed by atoms with Gasteiger partial charge in [0.1, 0.15) is 0 Å². The van der Waals surface area contributed by atoms with Crippen molar-refractivity contribution in [3.63, 3.8) is 0 Å². The van der Waals surface area contributed by atoms with Crippen LogP contribution in [0.3, 0.4) is 0 Å². The maximum Gasteiger partial charge on any atom is 0.223 e. The molecule has 0 bridgehead atoms. The Balaban J connectivity index is 1.34. The predicted octanol–water partition coefficient (Wildman–Crippen LogP) is 5.91. The minimum atomic E-state index is 0.0848. The van der Waals surface area contributed by atoms with E-state index in [-0.39, 0.29) is 11.8 Å². The zero-order valence-corrected chi connectivity index (χ0v) is 19.3. The minimum Gasteiger partial charge on any atom is -0.355 e. The maximum absolute atomic E-state index is 12.5. The van der Waals surface area contributed by atoms with E-state index in [9.17, 15) is 4.79 Å². The molecule has 3 rings (SSSR count). The van der Waals surface area contributed by atoms with Crippen LogP contribution in [0.1, 0.15) is 24.0 Å². The quantitative estimate of drug-likeness (QED) is 0.486. The lowest BCUT2D eigenvalue weighted by atomic mass is 9.95. The standard InChI is InChI=1S/C22H25Cl3N2OS/c23-19-5-2-1-4-17(19)15-29-13-10-26-22(28)16-8-11-27(12-9-16)14-18-20(24)6-3-7-21(18)25/h1-7,16H,8-15H2,(H,26,28). The van der Waals surface area contributed by atoms with Gasteiger partial charge in [-0.05, 0) is 49.7 Å². The molecule has 0 unspecified atom stereocenters. The van der Waals surface area contributed by atoms with Gasteiger partial charge in [0.05, 0.1) is 0 Å². The van der Waals surface area contributed by atoms with Crippen molar-refractivity contribution in [3.05, 3.63) is 68.7 Å². The largest absolute Gasteiger partial charge is 0.355 e. The van der Waals surface area contributed by atoms with Gasteiger partial charge in [0.2, 0.25) is 5.91 Å². The first-order valence-electron chi connectivity index (χ1n) is 9.78. The number of likely N-dealkylation sites (tertiary alicyclic amines) is 1. The van der Waals surface area contributed by atoms with Crippen LogP contribution in [0, 0.1) is 5.92 Å². The van der Waals surface area contributed by atoms with Crippen LogP contribution in [-0.2, 0) is 17.1 Å². The smallest absolute Gasteiger partial charge is 0.223 e. The summed E-state index contributed by atoms with van der Waals surface area (Å²) in [6.07, 6.45) is 1.72. The summed E-state index contributed by atoms with van der Waals surface area (Å²) in [6, 6.07) is 13.5. The Morgan fingerprint density at radius 2 is 1.66 bits per heavy atom. The first kappa shape index (κ1) is 22.8. The average molecular weight is 472 g/mol. The van der Waals surface area contributed by atoms with E-state index in [1.165, 1.54) is 0 Å². The van der Waals surface area contributed by atoms with Crippen LogP contribution in [0.4, 0.5) is 0 Å². The molecule has 1 amide bonds. The maximum atomic E-state index is 12.5. The van der Waals surface area contributed by atoms with E-state index in [1.807, 2.05) is 42.5 Å². The van der Waals surface area contributed by atoms with Crippen LogP contribution in [0.15, 0.2) is 42.5 Å². The van der Waals surface area contributed by atoms with Gasteiger partial charge in [-0.2, -0.15) is 11.8 Å². The Kier molecular flexibility index (Phi) is 9.01. The predicted molar refractivity (Wildman–Crippen MR) is 125 cm³/mol. The van der Waals surface area contributed by atoms with Gasteiger partial charge in [-0.25, -0.2) is 0 Å². The molecule has 29 heavy (non-hydrogen) atoms. The summed E-state index contributed by atoms with van der Waals surface area (Å²) < 4.78 is 0. The molecular weight excluding hydrogens is 447 g/mol. The second-order valence-electron chi connectivity index (χ2n) is 7.19. The molecule has 2 aromatic carbocycles. The third-order valence-corrected chi connectivity index (χ3v) is 7.25. The fraction of sp³-hybridized carbons (Fsp3) is 0.409. The summed E-state index contributed by atoms with van der Waals surface area (Å²) in [6.45, 7) is 3.16. The monoisotopic (exact) mass is 470 g/mol. The number of nitrogens with zero attached hydrogens (tertiary/aromatic N) is 1. The number of carbonyl (C=O) groups excluding carboxylic acids is 1. The van der Waals surface area contributed by atoms with Crippen LogP contribution in [0.5, 0.6) is 0 Å². The second kappa shape index (κ2) is 11.5. The number of amides is 1. The van der Waals surface area contributed by atoms with E-state index < -0.39 is 0 Å². The van der Waals surface area contributed by atoms with Crippen LogP contribution >= 0.6 is 46.6 Å². The van der Waals surface area contributed by atoms with E-state index in [2.05, 4.69) is 10.2 Å². The molecule has 1 aliphatic heterocycles. The van der Waals surface area contributed by atoms with Gasteiger partial charge in [-0.1, -0.05) is 59.1 Å². The molecule has 0 aromatic heterocycles. The molecule has 0 aliphatic carbocycles. The molecule has 3 nitrogen and oxygen atoms in total. The van der Waals surface area contributed by atoms with Crippen molar-refractivity contribution < 1.29 is 4.79 Å². The first-order valence-corrected chi connectivity index (χ1v) is 12.1. The lowest BCUT2D eigenvalue weighted by molar-refractivity contribution is -0.126. The molecule has 0 spiro atoms. The fourth-order valence-corrected chi connectivity index (χ4v) is 5.11. The molecule has 1 N–H and O–H groups in total. The molecule has 0 atom stereocenters. The normalized spacial score (nSPS) is 15.4. The van der Waals surface area contributed by atoms with Crippen LogP contribution in [0.2, 0.25) is 15.1 Å². The van der Waals surface area contributed by atoms with E-state index in [1.54, 1.807) is 11.8 Å². The molecule has 1 aliphatic rings. The number of benzene rings is 2. The Bertz CT molecular complexity index is 805. The van der Waals surface area contributed by atoms with Gasteiger partial charge >= 0.3 is 0 Å². The molecule has 1 saturated heterocycles. The van der Waals surface area contributed by atoms with Crippen molar-refractivity contribution in [2.45, 2.75) is 25.1 Å². The lowest BCUT2D eigenvalue weighted by Crippen LogP contribution is -2.40. The van der Waals surface area contributed by atoms with Gasteiger partial charge in [-0.15, -0.1) is 0 Å². The summed E-state index contributed by atoms with van der Waals surface area (Å²) in [5.41, 5.74) is 2.10. The fourth-order valence-electron chi connectivity index (χ4n) is 3.45. The minimum absolute atomic E-state index is 0.0848. The Hall–Kier alpha value is -0.910. The summed E-state index contributed by atoms with van der Waals surface area (Å²) in [5.74, 6) is 1.99. The number of nitrogens with one attached hydrogen (secondary N) is 1. The van der Waals surface area contributed by atoms with Gasteiger partial charge in [0.15, 0.2) is 0 Å². The van der Waals surface area contributed by atoms with Crippen molar-refractivity contribution in [1.29, 1.82) is 0 Å². The Morgan fingerprint density at radius 3 is 2.34 bits per heavy atom. The molecule has 156 valence electrons. The Labute approximate surface area is 192 Å². The van der Waals surface area contributed by atoms with Crippen molar-refractivity contribution in [3.8, 4) is 0 Å². The number of piperidine rings is 1. The SMILES string of the molecule is O=C(NCCSCc1ccccc1Cl)C1CCN(Cc2c(Cl)cccc2Cl)CC1. The number of thioether (sulfide) groups is 1. The van der Waals surface area contributed by atoms with Crippen molar-refractivity contribution in [2.24, 2.45) is 5.92 Å². The number of hydrogen-bond donors (Lipinski definition) is 1. The first-order chi connectivity index (χ1) is 14.0. The molecule has 2 aromatic rings. The van der Waals surface area contributed by atoms with Crippen LogP contribution in [-0.4, -0.2) is 36.2 Å². The van der Waals surface area contributed by atoms with Gasteiger partial charge < -0.3 is 5.32 Å². The average Bonchev–Trinajstić information content (AvgIpc) is 2.72. The summed E-state index contributed by atoms with van der Waals surface area (Å²) in [7, 11) is 0. The highest BCUT2D eigenvalue weighted by molar-refractivity contribution is 7.98. The van der Waals surface area contributed by atoms with Crippen molar-refractivity contribution in [2.75, 3.05) is 25.4 Å². The number of rotatable bonds is 8. The molecule has 0 saturated carbocycles. The van der Waals surface area contributed by atoms with Gasteiger partial charge in [-0.3, -0.25) is 9.69 Å². The number of carbonyl (C=O) groups is 1. The molecule has 7 heteroatoms.